The molecular weight excluding hydrogens is 204 g/mol. The lowest BCUT2D eigenvalue weighted by atomic mass is 10.0. The van der Waals surface area contributed by atoms with Crippen LogP contribution in [0.15, 0.2) is 18.2 Å². The van der Waals surface area contributed by atoms with Crippen molar-refractivity contribution in [3.63, 3.8) is 0 Å². The molecule has 1 unspecified atom stereocenters. The molecular formula is C13H18O3. The summed E-state index contributed by atoms with van der Waals surface area (Å²) in [6.45, 7) is 2.08. The van der Waals surface area contributed by atoms with E-state index in [9.17, 15) is 5.11 Å². The molecule has 0 aromatic heterocycles. The van der Waals surface area contributed by atoms with Gasteiger partial charge < -0.3 is 14.6 Å². The van der Waals surface area contributed by atoms with Gasteiger partial charge in [0.05, 0.1) is 19.3 Å². The number of aliphatic hydroxyl groups excluding tert-OH is 1. The quantitative estimate of drug-likeness (QED) is 0.776. The molecule has 0 amide bonds. The highest BCUT2D eigenvalue weighted by Gasteiger charge is 2.14. The molecule has 3 heteroatoms. The standard InChI is InChI=1S/C13H18O3/c1-15-6-2-3-13(14)10-4-5-11-8-16-9-12(11)7-10/h4-5,7,13-14H,2-3,6,8-9H2,1H3. The Bertz CT molecular complexity index is 349. The van der Waals surface area contributed by atoms with Gasteiger partial charge in [0.25, 0.3) is 0 Å². The van der Waals surface area contributed by atoms with Crippen molar-refractivity contribution in [3.8, 4) is 0 Å². The Morgan fingerprint density at radius 3 is 3.00 bits per heavy atom. The molecule has 1 heterocycles. The molecule has 0 spiro atoms. The molecule has 1 aromatic carbocycles. The third kappa shape index (κ3) is 2.61. The van der Waals surface area contributed by atoms with E-state index in [1.165, 1.54) is 11.1 Å². The van der Waals surface area contributed by atoms with Gasteiger partial charge >= 0.3 is 0 Å². The maximum atomic E-state index is 9.98. The zero-order valence-electron chi connectivity index (χ0n) is 9.61. The van der Waals surface area contributed by atoms with Crippen LogP contribution < -0.4 is 0 Å². The normalized spacial score (nSPS) is 16.1. The van der Waals surface area contributed by atoms with Gasteiger partial charge in [0, 0.05) is 13.7 Å². The van der Waals surface area contributed by atoms with Crippen LogP contribution >= 0.6 is 0 Å². The second-order valence-electron chi connectivity index (χ2n) is 4.17. The van der Waals surface area contributed by atoms with Crippen LogP contribution in [0.1, 0.15) is 35.6 Å². The fraction of sp³-hybridized carbons (Fsp3) is 0.538. The number of rotatable bonds is 5. The lowest BCUT2D eigenvalue weighted by Crippen LogP contribution is -2.00. The number of methoxy groups -OCH3 is 1. The van der Waals surface area contributed by atoms with Crippen molar-refractivity contribution in [2.45, 2.75) is 32.2 Å². The summed E-state index contributed by atoms with van der Waals surface area (Å²) in [5.41, 5.74) is 3.44. The van der Waals surface area contributed by atoms with Gasteiger partial charge in [-0.25, -0.2) is 0 Å². The molecule has 0 bridgehead atoms. The second kappa shape index (κ2) is 5.43. The molecule has 3 nitrogen and oxygen atoms in total. The smallest absolute Gasteiger partial charge is 0.0791 e. The van der Waals surface area contributed by atoms with Crippen molar-refractivity contribution < 1.29 is 14.6 Å². The molecule has 0 saturated heterocycles. The Labute approximate surface area is 96.0 Å². The van der Waals surface area contributed by atoms with Gasteiger partial charge in [0.1, 0.15) is 0 Å². The van der Waals surface area contributed by atoms with E-state index in [4.69, 9.17) is 9.47 Å². The molecule has 1 atom stereocenters. The Balaban J connectivity index is 1.98. The van der Waals surface area contributed by atoms with Crippen molar-refractivity contribution in [2.24, 2.45) is 0 Å². The summed E-state index contributed by atoms with van der Waals surface area (Å²) in [6, 6.07) is 6.10. The van der Waals surface area contributed by atoms with Crippen LogP contribution in [-0.4, -0.2) is 18.8 Å². The number of fused-ring (bicyclic) bond motifs is 1. The van der Waals surface area contributed by atoms with E-state index in [2.05, 4.69) is 12.1 Å². The highest BCUT2D eigenvalue weighted by molar-refractivity contribution is 5.34. The maximum Gasteiger partial charge on any atom is 0.0791 e. The van der Waals surface area contributed by atoms with E-state index in [1.54, 1.807) is 7.11 Å². The molecule has 1 aliphatic heterocycles. The minimum absolute atomic E-state index is 0.388. The van der Waals surface area contributed by atoms with Gasteiger partial charge in [-0.3, -0.25) is 0 Å². The Morgan fingerprint density at radius 1 is 1.38 bits per heavy atom. The predicted octanol–water partition coefficient (Wildman–Crippen LogP) is 2.18. The van der Waals surface area contributed by atoms with E-state index < -0.39 is 0 Å². The molecule has 2 rings (SSSR count). The average molecular weight is 222 g/mol. The van der Waals surface area contributed by atoms with Crippen molar-refractivity contribution >= 4 is 0 Å². The molecule has 16 heavy (non-hydrogen) atoms. The van der Waals surface area contributed by atoms with Crippen molar-refractivity contribution in [1.29, 1.82) is 0 Å². The summed E-state index contributed by atoms with van der Waals surface area (Å²) in [4.78, 5) is 0. The highest BCUT2D eigenvalue weighted by atomic mass is 16.5. The Morgan fingerprint density at radius 2 is 2.19 bits per heavy atom. The molecule has 1 aliphatic rings. The minimum Gasteiger partial charge on any atom is -0.388 e. The summed E-state index contributed by atoms with van der Waals surface area (Å²) in [6.07, 6.45) is 1.24. The first-order chi connectivity index (χ1) is 7.81. The average Bonchev–Trinajstić information content (AvgIpc) is 2.76. The molecule has 1 N–H and O–H groups in total. The summed E-state index contributed by atoms with van der Waals surface area (Å²) in [7, 11) is 1.68. The van der Waals surface area contributed by atoms with Crippen LogP contribution in [-0.2, 0) is 22.7 Å². The Kier molecular flexibility index (Phi) is 3.93. The third-order valence-electron chi connectivity index (χ3n) is 2.96. The van der Waals surface area contributed by atoms with Crippen LogP contribution in [0.4, 0.5) is 0 Å². The van der Waals surface area contributed by atoms with E-state index in [-0.39, 0.29) is 6.10 Å². The summed E-state index contributed by atoms with van der Waals surface area (Å²) in [5, 5.41) is 9.98. The number of aliphatic hydroxyl groups is 1. The molecule has 88 valence electrons. The number of ether oxygens (including phenoxy) is 2. The van der Waals surface area contributed by atoms with Crippen molar-refractivity contribution in [2.75, 3.05) is 13.7 Å². The number of hydrogen-bond donors (Lipinski definition) is 1. The summed E-state index contributed by atoms with van der Waals surface area (Å²) >= 11 is 0. The fourth-order valence-corrected chi connectivity index (χ4v) is 1.99. The largest absolute Gasteiger partial charge is 0.388 e. The van der Waals surface area contributed by atoms with Crippen molar-refractivity contribution in [3.05, 3.63) is 34.9 Å². The number of benzene rings is 1. The first kappa shape index (κ1) is 11.6. The van der Waals surface area contributed by atoms with E-state index in [0.29, 0.717) is 19.8 Å². The van der Waals surface area contributed by atoms with Crippen LogP contribution in [0.2, 0.25) is 0 Å². The summed E-state index contributed by atoms with van der Waals surface area (Å²) in [5.74, 6) is 0. The number of hydrogen-bond acceptors (Lipinski definition) is 3. The predicted molar refractivity (Wildman–Crippen MR) is 61.0 cm³/mol. The van der Waals surface area contributed by atoms with Crippen LogP contribution in [0.3, 0.4) is 0 Å². The van der Waals surface area contributed by atoms with E-state index >= 15 is 0 Å². The van der Waals surface area contributed by atoms with Crippen LogP contribution in [0.25, 0.3) is 0 Å². The summed E-state index contributed by atoms with van der Waals surface area (Å²) < 4.78 is 10.3. The van der Waals surface area contributed by atoms with Gasteiger partial charge in [0.2, 0.25) is 0 Å². The first-order valence-corrected chi connectivity index (χ1v) is 5.67. The van der Waals surface area contributed by atoms with Gasteiger partial charge in [-0.2, -0.15) is 0 Å². The highest BCUT2D eigenvalue weighted by Crippen LogP contribution is 2.25. The zero-order valence-corrected chi connectivity index (χ0v) is 9.61. The minimum atomic E-state index is -0.388. The van der Waals surface area contributed by atoms with Gasteiger partial charge in [0.15, 0.2) is 0 Å². The van der Waals surface area contributed by atoms with Crippen LogP contribution in [0, 0.1) is 0 Å². The van der Waals surface area contributed by atoms with Crippen molar-refractivity contribution in [1.82, 2.24) is 0 Å². The van der Waals surface area contributed by atoms with Crippen LogP contribution in [0.5, 0.6) is 0 Å². The SMILES string of the molecule is COCCCC(O)c1ccc2c(c1)COC2. The monoisotopic (exact) mass is 222 g/mol. The van der Waals surface area contributed by atoms with E-state index in [1.807, 2.05) is 6.07 Å². The molecule has 0 saturated carbocycles. The maximum absolute atomic E-state index is 9.98. The molecule has 0 aliphatic carbocycles. The first-order valence-electron chi connectivity index (χ1n) is 5.67. The molecule has 1 aromatic rings. The third-order valence-corrected chi connectivity index (χ3v) is 2.96. The molecule has 0 fully saturated rings. The van der Waals surface area contributed by atoms with Gasteiger partial charge in [-0.1, -0.05) is 18.2 Å². The molecule has 0 radical (unpaired) electrons. The van der Waals surface area contributed by atoms with Gasteiger partial charge in [-0.15, -0.1) is 0 Å². The van der Waals surface area contributed by atoms with E-state index in [0.717, 1.165) is 18.4 Å². The van der Waals surface area contributed by atoms with Gasteiger partial charge in [-0.05, 0) is 29.5 Å². The second-order valence-corrected chi connectivity index (χ2v) is 4.17. The Hall–Kier alpha value is -0.900. The zero-order chi connectivity index (χ0) is 11.4. The lowest BCUT2D eigenvalue weighted by Gasteiger charge is -2.11. The topological polar surface area (TPSA) is 38.7 Å². The lowest BCUT2D eigenvalue weighted by molar-refractivity contribution is 0.133. The fourth-order valence-electron chi connectivity index (χ4n) is 1.99.